The normalized spacial score (nSPS) is 19.3. The van der Waals surface area contributed by atoms with Crippen LogP contribution in [0, 0.1) is 0 Å². The smallest absolute Gasteiger partial charge is 0.237 e. The molecule has 108 valence electrons. The molecule has 1 amide bonds. The van der Waals surface area contributed by atoms with E-state index in [9.17, 15) is 4.79 Å². The largest absolute Gasteiger partial charge is 0.396 e. The van der Waals surface area contributed by atoms with Crippen LogP contribution in [-0.4, -0.2) is 59.6 Å². The number of likely N-dealkylation sites (tertiary alicyclic amines) is 1. The van der Waals surface area contributed by atoms with Gasteiger partial charge in [0.2, 0.25) is 5.91 Å². The first-order valence-electron chi connectivity index (χ1n) is 7.07. The summed E-state index contributed by atoms with van der Waals surface area (Å²) in [5.74, 6) is 0.135. The number of aliphatic hydroxyl groups excluding tert-OH is 1. The van der Waals surface area contributed by atoms with Crippen molar-refractivity contribution in [1.82, 2.24) is 9.80 Å². The highest BCUT2D eigenvalue weighted by Gasteiger charge is 2.26. The number of carbonyl (C=O) groups is 1. The highest BCUT2D eigenvalue weighted by Crippen LogP contribution is 2.21. The summed E-state index contributed by atoms with van der Waals surface area (Å²) in [6, 6.07) is 0.449. The number of nitrogens with zero attached hydrogens (tertiary/aromatic N) is 2. The summed E-state index contributed by atoms with van der Waals surface area (Å²) in [4.78, 5) is 16.3. The maximum Gasteiger partial charge on any atom is 0.237 e. The van der Waals surface area contributed by atoms with Crippen LogP contribution in [0.25, 0.3) is 0 Å². The SMILES string of the molecule is C=CCN(CC=C)C(=O)CN1CCCC1CCCO. The molecule has 0 aliphatic carbocycles. The minimum atomic E-state index is 0.135. The second-order valence-electron chi connectivity index (χ2n) is 5.01. The van der Waals surface area contributed by atoms with E-state index in [4.69, 9.17) is 5.11 Å². The predicted octanol–water partition coefficient (Wildman–Crippen LogP) is 1.42. The fourth-order valence-electron chi connectivity index (χ4n) is 2.62. The molecule has 0 aromatic rings. The zero-order valence-electron chi connectivity index (χ0n) is 11.8. The van der Waals surface area contributed by atoms with Crippen molar-refractivity contribution in [3.63, 3.8) is 0 Å². The van der Waals surface area contributed by atoms with Gasteiger partial charge in [-0.25, -0.2) is 0 Å². The number of amides is 1. The molecule has 0 radical (unpaired) electrons. The Kier molecular flexibility index (Phi) is 7.45. The molecule has 0 saturated carbocycles. The van der Waals surface area contributed by atoms with Crippen LogP contribution >= 0.6 is 0 Å². The first-order chi connectivity index (χ1) is 9.22. The van der Waals surface area contributed by atoms with Crippen molar-refractivity contribution in [3.05, 3.63) is 25.3 Å². The van der Waals surface area contributed by atoms with Gasteiger partial charge in [-0.1, -0.05) is 12.2 Å². The highest BCUT2D eigenvalue weighted by molar-refractivity contribution is 5.78. The lowest BCUT2D eigenvalue weighted by Crippen LogP contribution is -2.42. The van der Waals surface area contributed by atoms with E-state index in [1.165, 1.54) is 0 Å². The Labute approximate surface area is 116 Å². The topological polar surface area (TPSA) is 43.8 Å². The molecular formula is C15H26N2O2. The highest BCUT2D eigenvalue weighted by atomic mass is 16.3. The zero-order chi connectivity index (χ0) is 14.1. The van der Waals surface area contributed by atoms with Crippen LogP contribution in [0.3, 0.4) is 0 Å². The first-order valence-corrected chi connectivity index (χ1v) is 7.07. The molecule has 4 heteroatoms. The Bertz CT molecular complexity index is 295. The summed E-state index contributed by atoms with van der Waals surface area (Å²) in [5, 5.41) is 8.91. The van der Waals surface area contributed by atoms with Crippen molar-refractivity contribution in [2.24, 2.45) is 0 Å². The Balaban J connectivity index is 2.48. The van der Waals surface area contributed by atoms with Gasteiger partial charge in [0.05, 0.1) is 6.54 Å². The molecule has 1 N–H and O–H groups in total. The number of hydrogen-bond acceptors (Lipinski definition) is 3. The standard InChI is InChI=1S/C15H26N2O2/c1-3-9-16(10-4-2)15(19)13-17-11-5-7-14(17)8-6-12-18/h3-4,14,18H,1-2,5-13H2. The average Bonchev–Trinajstić information content (AvgIpc) is 2.83. The van der Waals surface area contributed by atoms with Crippen LogP contribution < -0.4 is 0 Å². The summed E-state index contributed by atoms with van der Waals surface area (Å²) in [6.45, 7) is 10.2. The van der Waals surface area contributed by atoms with E-state index in [1.54, 1.807) is 17.1 Å². The Hall–Kier alpha value is -1.13. The summed E-state index contributed by atoms with van der Waals surface area (Å²) in [5.41, 5.74) is 0. The van der Waals surface area contributed by atoms with Crippen LogP contribution in [0.5, 0.6) is 0 Å². The molecule has 1 aliphatic rings. The maximum absolute atomic E-state index is 12.2. The van der Waals surface area contributed by atoms with Crippen molar-refractivity contribution >= 4 is 5.91 Å². The number of carbonyl (C=O) groups excluding carboxylic acids is 1. The van der Waals surface area contributed by atoms with Crippen LogP contribution in [0.1, 0.15) is 25.7 Å². The van der Waals surface area contributed by atoms with E-state index in [-0.39, 0.29) is 12.5 Å². The molecule has 19 heavy (non-hydrogen) atoms. The summed E-state index contributed by atoms with van der Waals surface area (Å²) >= 11 is 0. The van der Waals surface area contributed by atoms with E-state index in [2.05, 4.69) is 18.1 Å². The molecule has 0 aromatic carbocycles. The van der Waals surface area contributed by atoms with Gasteiger partial charge in [-0.15, -0.1) is 13.2 Å². The second-order valence-corrected chi connectivity index (χ2v) is 5.01. The molecule has 0 aromatic heterocycles. The molecular weight excluding hydrogens is 240 g/mol. The Morgan fingerprint density at radius 1 is 1.37 bits per heavy atom. The summed E-state index contributed by atoms with van der Waals surface area (Å²) in [7, 11) is 0. The third-order valence-electron chi connectivity index (χ3n) is 3.58. The molecule has 1 unspecified atom stereocenters. The zero-order valence-corrected chi connectivity index (χ0v) is 11.8. The van der Waals surface area contributed by atoms with Crippen molar-refractivity contribution in [1.29, 1.82) is 0 Å². The molecule has 0 spiro atoms. The molecule has 1 atom stereocenters. The number of rotatable bonds is 9. The second kappa shape index (κ2) is 8.88. The maximum atomic E-state index is 12.2. The molecule has 1 heterocycles. The van der Waals surface area contributed by atoms with Gasteiger partial charge in [0.25, 0.3) is 0 Å². The molecule has 0 bridgehead atoms. The monoisotopic (exact) mass is 266 g/mol. The molecule has 1 saturated heterocycles. The first kappa shape index (κ1) is 15.9. The quantitative estimate of drug-likeness (QED) is 0.642. The Morgan fingerprint density at radius 3 is 2.63 bits per heavy atom. The van der Waals surface area contributed by atoms with E-state index in [0.29, 0.717) is 25.7 Å². The third-order valence-corrected chi connectivity index (χ3v) is 3.58. The summed E-state index contributed by atoms with van der Waals surface area (Å²) < 4.78 is 0. The molecule has 1 rings (SSSR count). The fourth-order valence-corrected chi connectivity index (χ4v) is 2.62. The minimum absolute atomic E-state index is 0.135. The van der Waals surface area contributed by atoms with Crippen LogP contribution in [-0.2, 0) is 4.79 Å². The lowest BCUT2D eigenvalue weighted by atomic mass is 10.1. The van der Waals surface area contributed by atoms with Gasteiger partial charge in [-0.05, 0) is 32.2 Å². The lowest BCUT2D eigenvalue weighted by molar-refractivity contribution is -0.131. The van der Waals surface area contributed by atoms with E-state index in [0.717, 1.165) is 32.2 Å². The van der Waals surface area contributed by atoms with E-state index < -0.39 is 0 Å². The van der Waals surface area contributed by atoms with Crippen molar-refractivity contribution in [3.8, 4) is 0 Å². The molecule has 1 aliphatic heterocycles. The molecule has 4 nitrogen and oxygen atoms in total. The summed E-state index contributed by atoms with van der Waals surface area (Å²) in [6.07, 6.45) is 7.57. The lowest BCUT2D eigenvalue weighted by Gasteiger charge is -2.27. The van der Waals surface area contributed by atoms with Gasteiger partial charge in [0.1, 0.15) is 0 Å². The van der Waals surface area contributed by atoms with Gasteiger partial charge in [0.15, 0.2) is 0 Å². The van der Waals surface area contributed by atoms with E-state index >= 15 is 0 Å². The fraction of sp³-hybridized carbons (Fsp3) is 0.667. The van der Waals surface area contributed by atoms with Crippen molar-refractivity contribution < 1.29 is 9.90 Å². The number of aliphatic hydroxyl groups is 1. The number of hydrogen-bond donors (Lipinski definition) is 1. The van der Waals surface area contributed by atoms with Gasteiger partial charge in [-0.2, -0.15) is 0 Å². The van der Waals surface area contributed by atoms with Crippen LogP contribution in [0.2, 0.25) is 0 Å². The predicted molar refractivity (Wildman–Crippen MR) is 77.9 cm³/mol. The molecule has 1 fully saturated rings. The van der Waals surface area contributed by atoms with E-state index in [1.807, 2.05) is 0 Å². The van der Waals surface area contributed by atoms with Gasteiger partial charge >= 0.3 is 0 Å². The average molecular weight is 266 g/mol. The van der Waals surface area contributed by atoms with Crippen LogP contribution in [0.15, 0.2) is 25.3 Å². The van der Waals surface area contributed by atoms with Crippen molar-refractivity contribution in [2.75, 3.05) is 32.8 Å². The minimum Gasteiger partial charge on any atom is -0.396 e. The Morgan fingerprint density at radius 2 is 2.05 bits per heavy atom. The van der Waals surface area contributed by atoms with Gasteiger partial charge in [0, 0.05) is 25.7 Å². The third kappa shape index (κ3) is 5.17. The van der Waals surface area contributed by atoms with Gasteiger partial charge < -0.3 is 10.0 Å². The van der Waals surface area contributed by atoms with Crippen LogP contribution in [0.4, 0.5) is 0 Å². The van der Waals surface area contributed by atoms with Crippen molar-refractivity contribution in [2.45, 2.75) is 31.7 Å². The van der Waals surface area contributed by atoms with Gasteiger partial charge in [-0.3, -0.25) is 9.69 Å².